The Hall–Kier alpha value is -3.20. The number of fused-ring (bicyclic) bond motifs is 1. The van der Waals surface area contributed by atoms with Gasteiger partial charge in [0.2, 0.25) is 11.1 Å². The Bertz CT molecular complexity index is 1120. The summed E-state index contributed by atoms with van der Waals surface area (Å²) in [5.41, 5.74) is 2.00. The van der Waals surface area contributed by atoms with E-state index in [4.69, 9.17) is 14.2 Å². The Morgan fingerprint density at radius 3 is 2.79 bits per heavy atom. The lowest BCUT2D eigenvalue weighted by molar-refractivity contribution is -0.129. The Morgan fingerprint density at radius 2 is 1.97 bits per heavy atom. The van der Waals surface area contributed by atoms with Crippen LogP contribution in [0.15, 0.2) is 47.6 Å². The first-order chi connectivity index (χ1) is 16.2. The predicted octanol–water partition coefficient (Wildman–Crippen LogP) is 4.10. The lowest BCUT2D eigenvalue weighted by atomic mass is 10.0. The zero-order chi connectivity index (χ0) is 22.6. The number of hydrogen-bond donors (Lipinski definition) is 1. The summed E-state index contributed by atoms with van der Waals surface area (Å²) in [6.07, 6.45) is 2.80. The third-order valence-electron chi connectivity index (χ3n) is 5.88. The van der Waals surface area contributed by atoms with Crippen LogP contribution in [0, 0.1) is 0 Å². The van der Waals surface area contributed by atoms with Crippen LogP contribution in [0.3, 0.4) is 0 Å². The summed E-state index contributed by atoms with van der Waals surface area (Å²) in [5.74, 6) is 3.38. The van der Waals surface area contributed by atoms with Gasteiger partial charge in [-0.25, -0.2) is 4.98 Å². The number of nitrogens with zero attached hydrogens (tertiary/aromatic N) is 3. The number of aromatic nitrogens is 3. The molecular formula is C24H26N4O4S. The molecule has 2 aliphatic rings. The minimum Gasteiger partial charge on any atom is -0.497 e. The van der Waals surface area contributed by atoms with Crippen LogP contribution in [0.25, 0.3) is 11.4 Å². The number of thioether (sulfide) groups is 1. The van der Waals surface area contributed by atoms with Gasteiger partial charge in [-0.2, -0.15) is 0 Å². The van der Waals surface area contributed by atoms with Crippen LogP contribution in [0.1, 0.15) is 30.9 Å². The Labute approximate surface area is 196 Å². The maximum absolute atomic E-state index is 13.1. The molecular weight excluding hydrogens is 440 g/mol. The van der Waals surface area contributed by atoms with E-state index in [0.717, 1.165) is 54.2 Å². The van der Waals surface area contributed by atoms with Crippen molar-refractivity contribution in [2.45, 2.75) is 30.5 Å². The fourth-order valence-electron chi connectivity index (χ4n) is 4.20. The van der Waals surface area contributed by atoms with Crippen molar-refractivity contribution in [1.82, 2.24) is 20.1 Å². The van der Waals surface area contributed by atoms with Crippen LogP contribution in [0.5, 0.6) is 17.2 Å². The molecule has 8 nitrogen and oxygen atoms in total. The smallest absolute Gasteiger partial charge is 0.233 e. The number of nitrogens with one attached hydrogen (secondary N) is 1. The van der Waals surface area contributed by atoms with Crippen LogP contribution in [-0.2, 0) is 4.79 Å². The molecule has 9 heteroatoms. The van der Waals surface area contributed by atoms with E-state index >= 15 is 0 Å². The molecule has 1 atom stereocenters. The number of hydrogen-bond acceptors (Lipinski definition) is 7. The van der Waals surface area contributed by atoms with E-state index in [2.05, 4.69) is 15.2 Å². The van der Waals surface area contributed by atoms with E-state index in [1.165, 1.54) is 11.8 Å². The lowest BCUT2D eigenvalue weighted by Crippen LogP contribution is -2.32. The Morgan fingerprint density at radius 1 is 1.15 bits per heavy atom. The molecule has 0 spiro atoms. The summed E-state index contributed by atoms with van der Waals surface area (Å²) in [6, 6.07) is 13.7. The van der Waals surface area contributed by atoms with Crippen molar-refractivity contribution >= 4 is 17.7 Å². The maximum Gasteiger partial charge on any atom is 0.233 e. The van der Waals surface area contributed by atoms with E-state index < -0.39 is 0 Å². The quantitative estimate of drug-likeness (QED) is 0.547. The molecule has 0 radical (unpaired) electrons. The first-order valence-electron chi connectivity index (χ1n) is 11.1. The molecule has 1 aromatic heterocycles. The minimum absolute atomic E-state index is 0.0530. The van der Waals surface area contributed by atoms with Gasteiger partial charge >= 0.3 is 0 Å². The standard InChI is InChI=1S/C24H26N4O4S/c1-30-18-8-5-16(6-9-18)23-25-24(27-26-23)33-15-22(29)28-11-2-4-19(28)17-7-10-20-21(14-17)32-13-3-12-31-20/h5-10,14,19H,2-4,11-13,15H2,1H3,(H,25,26,27)/t19-/m0/s1. The Kier molecular flexibility index (Phi) is 6.39. The maximum atomic E-state index is 13.1. The molecule has 172 valence electrons. The summed E-state index contributed by atoms with van der Waals surface area (Å²) >= 11 is 1.35. The first-order valence-corrected chi connectivity index (χ1v) is 12.1. The number of aromatic amines is 1. The highest BCUT2D eigenvalue weighted by atomic mass is 32.2. The molecule has 5 rings (SSSR count). The largest absolute Gasteiger partial charge is 0.497 e. The molecule has 1 fully saturated rings. The highest BCUT2D eigenvalue weighted by molar-refractivity contribution is 7.99. The molecule has 0 unspecified atom stereocenters. The van der Waals surface area contributed by atoms with Crippen molar-refractivity contribution in [2.75, 3.05) is 32.6 Å². The highest BCUT2D eigenvalue weighted by Gasteiger charge is 2.31. The fourth-order valence-corrected chi connectivity index (χ4v) is 4.88. The lowest BCUT2D eigenvalue weighted by Gasteiger charge is -2.25. The second-order valence-corrected chi connectivity index (χ2v) is 8.93. The number of carbonyl (C=O) groups is 1. The van der Waals surface area contributed by atoms with Gasteiger partial charge in [-0.3, -0.25) is 9.89 Å². The van der Waals surface area contributed by atoms with E-state index in [1.807, 2.05) is 47.4 Å². The van der Waals surface area contributed by atoms with Gasteiger partial charge in [-0.05, 0) is 54.8 Å². The van der Waals surface area contributed by atoms with Gasteiger partial charge in [0.25, 0.3) is 0 Å². The SMILES string of the molecule is COc1ccc(-c2nc(SCC(=O)N3CCC[C@H]3c3ccc4c(c3)OCCCO4)n[nH]2)cc1. The highest BCUT2D eigenvalue weighted by Crippen LogP contribution is 2.38. The predicted molar refractivity (Wildman–Crippen MR) is 125 cm³/mol. The van der Waals surface area contributed by atoms with Gasteiger partial charge < -0.3 is 19.1 Å². The summed E-state index contributed by atoms with van der Waals surface area (Å²) in [6.45, 7) is 2.07. The van der Waals surface area contributed by atoms with Gasteiger partial charge in [0.05, 0.1) is 32.1 Å². The molecule has 0 bridgehead atoms. The van der Waals surface area contributed by atoms with Crippen LogP contribution in [0.4, 0.5) is 0 Å². The van der Waals surface area contributed by atoms with Crippen LogP contribution in [0.2, 0.25) is 0 Å². The fraction of sp³-hybridized carbons (Fsp3) is 0.375. The monoisotopic (exact) mass is 466 g/mol. The molecule has 2 aliphatic heterocycles. The third-order valence-corrected chi connectivity index (χ3v) is 6.71. The van der Waals surface area contributed by atoms with Crippen molar-refractivity contribution in [3.8, 4) is 28.6 Å². The van der Waals surface area contributed by atoms with E-state index in [-0.39, 0.29) is 11.9 Å². The number of rotatable bonds is 6. The van der Waals surface area contributed by atoms with Crippen LogP contribution in [-0.4, -0.2) is 58.6 Å². The topological polar surface area (TPSA) is 89.6 Å². The third kappa shape index (κ3) is 4.78. The molecule has 1 saturated heterocycles. The van der Waals surface area contributed by atoms with Crippen LogP contribution < -0.4 is 14.2 Å². The number of carbonyl (C=O) groups excluding carboxylic acids is 1. The molecule has 2 aromatic carbocycles. The second kappa shape index (κ2) is 9.74. The zero-order valence-electron chi connectivity index (χ0n) is 18.5. The van der Waals surface area contributed by atoms with E-state index in [9.17, 15) is 4.79 Å². The van der Waals surface area contributed by atoms with Crippen molar-refractivity contribution in [3.63, 3.8) is 0 Å². The number of ether oxygens (including phenoxy) is 3. The normalized spacial score (nSPS) is 17.6. The van der Waals surface area contributed by atoms with Gasteiger partial charge in [0, 0.05) is 18.5 Å². The zero-order valence-corrected chi connectivity index (χ0v) is 19.3. The molecule has 3 heterocycles. The van der Waals surface area contributed by atoms with Gasteiger partial charge in [0.1, 0.15) is 5.75 Å². The van der Waals surface area contributed by atoms with Gasteiger partial charge in [0.15, 0.2) is 17.3 Å². The number of amides is 1. The number of likely N-dealkylation sites (tertiary alicyclic amines) is 1. The molecule has 0 aliphatic carbocycles. The van der Waals surface area contributed by atoms with Crippen molar-refractivity contribution in [1.29, 1.82) is 0 Å². The van der Waals surface area contributed by atoms with Crippen LogP contribution >= 0.6 is 11.8 Å². The van der Waals surface area contributed by atoms with E-state index in [0.29, 0.717) is 29.9 Å². The summed E-state index contributed by atoms with van der Waals surface area (Å²) in [7, 11) is 1.63. The minimum atomic E-state index is 0.0530. The van der Waals surface area contributed by atoms with Crippen molar-refractivity contribution in [2.24, 2.45) is 0 Å². The summed E-state index contributed by atoms with van der Waals surface area (Å²) in [4.78, 5) is 19.5. The van der Waals surface area contributed by atoms with Gasteiger partial charge in [-0.15, -0.1) is 5.10 Å². The second-order valence-electron chi connectivity index (χ2n) is 7.99. The summed E-state index contributed by atoms with van der Waals surface area (Å²) < 4.78 is 16.8. The van der Waals surface area contributed by atoms with E-state index in [1.54, 1.807) is 7.11 Å². The molecule has 0 saturated carbocycles. The number of H-pyrrole nitrogens is 1. The van der Waals surface area contributed by atoms with Gasteiger partial charge in [-0.1, -0.05) is 17.8 Å². The average Bonchev–Trinajstić information content (AvgIpc) is 3.48. The molecule has 1 amide bonds. The molecule has 1 N–H and O–H groups in total. The number of benzene rings is 2. The van der Waals surface area contributed by atoms with Crippen molar-refractivity contribution < 1.29 is 19.0 Å². The average molecular weight is 467 g/mol. The number of methoxy groups -OCH3 is 1. The summed E-state index contributed by atoms with van der Waals surface area (Å²) in [5, 5.41) is 7.77. The first kappa shape index (κ1) is 21.6. The molecule has 33 heavy (non-hydrogen) atoms. The molecule has 3 aromatic rings. The Balaban J connectivity index is 1.23. The van der Waals surface area contributed by atoms with Crippen molar-refractivity contribution in [3.05, 3.63) is 48.0 Å².